The van der Waals surface area contributed by atoms with Crippen molar-refractivity contribution in [3.63, 3.8) is 0 Å². The zero-order valence-electron chi connectivity index (χ0n) is 13.5. The van der Waals surface area contributed by atoms with Crippen molar-refractivity contribution >= 4 is 5.69 Å². The fourth-order valence-corrected chi connectivity index (χ4v) is 2.20. The van der Waals surface area contributed by atoms with Crippen molar-refractivity contribution in [3.05, 3.63) is 23.8 Å². The molecule has 0 spiro atoms. The lowest BCUT2D eigenvalue weighted by Gasteiger charge is -2.22. The SMILES string of the molecule is CCCCNCc1ccc(N(C)CCCC)c(OC)c1. The van der Waals surface area contributed by atoms with E-state index in [9.17, 15) is 0 Å². The van der Waals surface area contributed by atoms with E-state index in [1.54, 1.807) is 7.11 Å². The number of anilines is 1. The second kappa shape index (κ2) is 9.65. The lowest BCUT2D eigenvalue weighted by molar-refractivity contribution is 0.414. The van der Waals surface area contributed by atoms with Crippen molar-refractivity contribution in [2.75, 3.05) is 32.1 Å². The zero-order valence-corrected chi connectivity index (χ0v) is 13.5. The molecule has 0 saturated carbocycles. The topological polar surface area (TPSA) is 24.5 Å². The van der Waals surface area contributed by atoms with Gasteiger partial charge in [0, 0.05) is 20.1 Å². The van der Waals surface area contributed by atoms with E-state index in [0.717, 1.165) is 25.4 Å². The maximum absolute atomic E-state index is 5.55. The van der Waals surface area contributed by atoms with Gasteiger partial charge in [0.1, 0.15) is 5.75 Å². The highest BCUT2D eigenvalue weighted by Crippen LogP contribution is 2.28. The summed E-state index contributed by atoms with van der Waals surface area (Å²) in [5.41, 5.74) is 2.46. The van der Waals surface area contributed by atoms with E-state index < -0.39 is 0 Å². The molecule has 0 amide bonds. The Balaban J connectivity index is 2.64. The number of nitrogens with zero attached hydrogens (tertiary/aromatic N) is 1. The second-order valence-electron chi connectivity index (χ2n) is 5.31. The molecule has 114 valence electrons. The van der Waals surface area contributed by atoms with E-state index in [1.807, 2.05) is 0 Å². The second-order valence-corrected chi connectivity index (χ2v) is 5.31. The van der Waals surface area contributed by atoms with Gasteiger partial charge in [0.15, 0.2) is 0 Å². The van der Waals surface area contributed by atoms with Crippen LogP contribution in [0.15, 0.2) is 18.2 Å². The van der Waals surface area contributed by atoms with Gasteiger partial charge in [0.2, 0.25) is 0 Å². The van der Waals surface area contributed by atoms with E-state index in [0.29, 0.717) is 0 Å². The van der Waals surface area contributed by atoms with E-state index in [-0.39, 0.29) is 0 Å². The van der Waals surface area contributed by atoms with Crippen molar-refractivity contribution in [3.8, 4) is 5.75 Å². The molecule has 1 aromatic carbocycles. The van der Waals surface area contributed by atoms with Gasteiger partial charge in [-0.25, -0.2) is 0 Å². The molecular weight excluding hydrogens is 248 g/mol. The Morgan fingerprint density at radius 3 is 2.55 bits per heavy atom. The van der Waals surface area contributed by atoms with Crippen LogP contribution in [-0.4, -0.2) is 27.2 Å². The molecule has 0 radical (unpaired) electrons. The Morgan fingerprint density at radius 2 is 1.90 bits per heavy atom. The van der Waals surface area contributed by atoms with Crippen LogP contribution in [0.25, 0.3) is 0 Å². The molecule has 20 heavy (non-hydrogen) atoms. The van der Waals surface area contributed by atoms with Gasteiger partial charge in [-0.1, -0.05) is 32.8 Å². The van der Waals surface area contributed by atoms with Gasteiger partial charge in [-0.3, -0.25) is 0 Å². The highest BCUT2D eigenvalue weighted by Gasteiger charge is 2.08. The van der Waals surface area contributed by atoms with Gasteiger partial charge in [0.05, 0.1) is 12.8 Å². The van der Waals surface area contributed by atoms with Crippen LogP contribution in [0.2, 0.25) is 0 Å². The van der Waals surface area contributed by atoms with Crippen molar-refractivity contribution in [2.24, 2.45) is 0 Å². The monoisotopic (exact) mass is 278 g/mol. The Kier molecular flexibility index (Phi) is 8.12. The average Bonchev–Trinajstić information content (AvgIpc) is 2.49. The summed E-state index contributed by atoms with van der Waals surface area (Å²) in [6, 6.07) is 6.52. The third-order valence-corrected chi connectivity index (χ3v) is 3.54. The molecule has 0 aliphatic heterocycles. The highest BCUT2D eigenvalue weighted by molar-refractivity contribution is 5.59. The molecular formula is C17H30N2O. The van der Waals surface area contributed by atoms with Gasteiger partial charge < -0.3 is 15.0 Å². The van der Waals surface area contributed by atoms with Crippen LogP contribution in [0.3, 0.4) is 0 Å². The first kappa shape index (κ1) is 16.8. The van der Waals surface area contributed by atoms with E-state index in [2.05, 4.69) is 49.3 Å². The first-order valence-corrected chi connectivity index (χ1v) is 7.81. The smallest absolute Gasteiger partial charge is 0.142 e. The van der Waals surface area contributed by atoms with Crippen LogP contribution in [0.1, 0.15) is 45.1 Å². The van der Waals surface area contributed by atoms with Crippen molar-refractivity contribution < 1.29 is 4.74 Å². The first-order valence-electron chi connectivity index (χ1n) is 7.81. The number of rotatable bonds is 10. The van der Waals surface area contributed by atoms with Crippen molar-refractivity contribution in [1.29, 1.82) is 0 Å². The summed E-state index contributed by atoms with van der Waals surface area (Å²) in [7, 11) is 3.88. The van der Waals surface area contributed by atoms with Crippen LogP contribution in [0, 0.1) is 0 Å². The molecule has 0 saturated heterocycles. The lowest BCUT2D eigenvalue weighted by Crippen LogP contribution is -2.19. The van der Waals surface area contributed by atoms with Crippen LogP contribution in [0.5, 0.6) is 5.75 Å². The van der Waals surface area contributed by atoms with E-state index in [1.165, 1.54) is 36.9 Å². The largest absolute Gasteiger partial charge is 0.495 e. The lowest BCUT2D eigenvalue weighted by atomic mass is 10.1. The quantitative estimate of drug-likeness (QED) is 0.658. The third kappa shape index (κ3) is 5.41. The molecule has 0 aliphatic rings. The Morgan fingerprint density at radius 1 is 1.15 bits per heavy atom. The summed E-state index contributed by atoms with van der Waals surface area (Å²) in [5.74, 6) is 0.971. The zero-order chi connectivity index (χ0) is 14.8. The minimum atomic E-state index is 0.912. The Labute approximate surface area is 124 Å². The molecule has 0 bridgehead atoms. The van der Waals surface area contributed by atoms with Crippen LogP contribution in [-0.2, 0) is 6.54 Å². The molecule has 0 aliphatic carbocycles. The predicted octanol–water partition coefficient (Wildman–Crippen LogP) is 3.82. The Bertz CT molecular complexity index is 379. The maximum atomic E-state index is 5.55. The molecule has 0 heterocycles. The molecule has 1 rings (SSSR count). The fourth-order valence-electron chi connectivity index (χ4n) is 2.20. The summed E-state index contributed by atoms with van der Waals surface area (Å²) in [5, 5.41) is 3.47. The summed E-state index contributed by atoms with van der Waals surface area (Å²) < 4.78 is 5.55. The van der Waals surface area contributed by atoms with Crippen LogP contribution >= 0.6 is 0 Å². The third-order valence-electron chi connectivity index (χ3n) is 3.54. The van der Waals surface area contributed by atoms with Crippen molar-refractivity contribution in [1.82, 2.24) is 5.32 Å². The number of unbranched alkanes of at least 4 members (excludes halogenated alkanes) is 2. The van der Waals surface area contributed by atoms with E-state index in [4.69, 9.17) is 4.74 Å². The number of nitrogens with one attached hydrogen (secondary N) is 1. The number of methoxy groups -OCH3 is 1. The van der Waals surface area contributed by atoms with Gasteiger partial charge in [-0.15, -0.1) is 0 Å². The summed E-state index contributed by atoms with van der Waals surface area (Å²) >= 11 is 0. The van der Waals surface area contributed by atoms with Crippen LogP contribution < -0.4 is 15.0 Å². The van der Waals surface area contributed by atoms with E-state index >= 15 is 0 Å². The average molecular weight is 278 g/mol. The maximum Gasteiger partial charge on any atom is 0.142 e. The summed E-state index contributed by atoms with van der Waals surface area (Å²) in [6.07, 6.45) is 4.89. The standard InChI is InChI=1S/C17H30N2O/c1-5-7-11-18-14-15-9-10-16(17(13-15)20-4)19(3)12-8-6-2/h9-10,13,18H,5-8,11-12,14H2,1-4H3. The number of benzene rings is 1. The number of hydrogen-bond acceptors (Lipinski definition) is 3. The van der Waals surface area contributed by atoms with Gasteiger partial charge >= 0.3 is 0 Å². The number of hydrogen-bond donors (Lipinski definition) is 1. The number of ether oxygens (including phenoxy) is 1. The molecule has 0 fully saturated rings. The molecule has 1 aromatic rings. The minimum absolute atomic E-state index is 0.912. The molecule has 0 unspecified atom stereocenters. The summed E-state index contributed by atoms with van der Waals surface area (Å²) in [6.45, 7) is 7.50. The minimum Gasteiger partial charge on any atom is -0.495 e. The van der Waals surface area contributed by atoms with Gasteiger partial charge in [-0.2, -0.15) is 0 Å². The molecule has 0 aromatic heterocycles. The Hall–Kier alpha value is -1.22. The fraction of sp³-hybridized carbons (Fsp3) is 0.647. The normalized spacial score (nSPS) is 10.6. The van der Waals surface area contributed by atoms with Crippen molar-refractivity contribution in [2.45, 2.75) is 46.1 Å². The van der Waals surface area contributed by atoms with Crippen LogP contribution in [0.4, 0.5) is 5.69 Å². The molecule has 3 heteroatoms. The molecule has 0 atom stereocenters. The van der Waals surface area contributed by atoms with Gasteiger partial charge in [-0.05, 0) is 37.1 Å². The highest BCUT2D eigenvalue weighted by atomic mass is 16.5. The first-order chi connectivity index (χ1) is 9.72. The predicted molar refractivity (Wildman–Crippen MR) is 87.8 cm³/mol. The molecule has 1 N–H and O–H groups in total. The van der Waals surface area contributed by atoms with Gasteiger partial charge in [0.25, 0.3) is 0 Å². The summed E-state index contributed by atoms with van der Waals surface area (Å²) in [4.78, 5) is 2.27. The molecule has 3 nitrogen and oxygen atoms in total.